The Morgan fingerprint density at radius 3 is 2.66 bits per heavy atom. The first-order valence-corrected chi connectivity index (χ1v) is 9.27. The molecule has 148 valence electrons. The van der Waals surface area contributed by atoms with Crippen LogP contribution in [0.1, 0.15) is 6.42 Å². The summed E-state index contributed by atoms with van der Waals surface area (Å²) in [5.74, 6) is -1.28. The van der Waals surface area contributed by atoms with E-state index in [1.165, 1.54) is 18.3 Å². The predicted molar refractivity (Wildman–Crippen MR) is 103 cm³/mol. The summed E-state index contributed by atoms with van der Waals surface area (Å²) in [6, 6.07) is 4.25. The molecule has 4 heterocycles. The number of hydrogen-bond acceptors (Lipinski definition) is 5. The molecule has 0 amide bonds. The number of aryl methyl sites for hydroxylation is 1. The van der Waals surface area contributed by atoms with Gasteiger partial charge in [0.15, 0.2) is 0 Å². The van der Waals surface area contributed by atoms with Gasteiger partial charge in [0.1, 0.15) is 29.7 Å². The van der Waals surface area contributed by atoms with E-state index in [-0.39, 0.29) is 23.0 Å². The summed E-state index contributed by atoms with van der Waals surface area (Å²) in [5.41, 5.74) is 2.10. The lowest BCUT2D eigenvalue weighted by molar-refractivity contribution is 0.216. The fourth-order valence-electron chi connectivity index (χ4n) is 3.38. The van der Waals surface area contributed by atoms with E-state index in [2.05, 4.69) is 25.6 Å². The molecule has 3 aromatic heterocycles. The molecule has 0 radical (unpaired) electrons. The Kier molecular flexibility index (Phi) is 4.24. The molecule has 2 N–H and O–H groups in total. The van der Waals surface area contributed by atoms with Crippen molar-refractivity contribution in [2.75, 3.05) is 13.2 Å². The standard InChI is InChI=1S/C20H18F2N6O/c1-28-9-11(7-25-28)20-14-6-17(24-8-18(14)26-27-20)19-15(21)4-13(5-16(19)22)29-10-12-2-3-23-12/h4-9,12,23H,2-3,10H2,1H3,(H,26,27). The molecule has 7 nitrogen and oxygen atoms in total. The largest absolute Gasteiger partial charge is 0.492 e. The molecule has 0 saturated carbocycles. The average Bonchev–Trinajstić information content (AvgIpc) is 3.25. The maximum Gasteiger partial charge on any atom is 0.139 e. The lowest BCUT2D eigenvalue weighted by atomic mass is 10.1. The van der Waals surface area contributed by atoms with E-state index in [1.54, 1.807) is 24.0 Å². The number of benzene rings is 1. The maximum atomic E-state index is 14.8. The summed E-state index contributed by atoms with van der Waals surface area (Å²) in [6.45, 7) is 1.32. The van der Waals surface area contributed by atoms with Crippen LogP contribution in [0, 0.1) is 11.6 Å². The van der Waals surface area contributed by atoms with E-state index in [4.69, 9.17) is 4.74 Å². The van der Waals surface area contributed by atoms with Crippen LogP contribution in [-0.2, 0) is 7.05 Å². The number of fused-ring (bicyclic) bond motifs is 1. The smallest absolute Gasteiger partial charge is 0.139 e. The number of aromatic amines is 1. The molecule has 0 bridgehead atoms. The zero-order chi connectivity index (χ0) is 20.0. The first kappa shape index (κ1) is 17.7. The van der Waals surface area contributed by atoms with E-state index < -0.39 is 11.6 Å². The van der Waals surface area contributed by atoms with Gasteiger partial charge in [0.25, 0.3) is 0 Å². The number of rotatable bonds is 5. The molecular weight excluding hydrogens is 378 g/mol. The van der Waals surface area contributed by atoms with E-state index >= 15 is 0 Å². The Balaban J connectivity index is 1.51. The van der Waals surface area contributed by atoms with Crippen LogP contribution in [0.3, 0.4) is 0 Å². The maximum absolute atomic E-state index is 14.8. The topological polar surface area (TPSA) is 80.7 Å². The van der Waals surface area contributed by atoms with Crippen LogP contribution in [0.4, 0.5) is 8.78 Å². The molecule has 1 saturated heterocycles. The number of H-pyrrole nitrogens is 1. The van der Waals surface area contributed by atoms with E-state index in [9.17, 15) is 8.78 Å². The molecular formula is C20H18F2N6O. The number of aromatic nitrogens is 5. The summed E-state index contributed by atoms with van der Waals surface area (Å²) in [4.78, 5) is 4.21. The lowest BCUT2D eigenvalue weighted by Gasteiger charge is -2.27. The van der Waals surface area contributed by atoms with Crippen molar-refractivity contribution in [2.24, 2.45) is 7.05 Å². The number of nitrogens with zero attached hydrogens (tertiary/aromatic N) is 4. The minimum Gasteiger partial charge on any atom is -0.492 e. The van der Waals surface area contributed by atoms with Gasteiger partial charge in [-0.15, -0.1) is 0 Å². The van der Waals surface area contributed by atoms with Crippen LogP contribution in [0.25, 0.3) is 33.4 Å². The first-order valence-electron chi connectivity index (χ1n) is 9.27. The van der Waals surface area contributed by atoms with Crippen LogP contribution >= 0.6 is 0 Å². The van der Waals surface area contributed by atoms with Crippen LogP contribution in [0.15, 0.2) is 36.8 Å². The van der Waals surface area contributed by atoms with Gasteiger partial charge in [-0.25, -0.2) is 8.78 Å². The van der Waals surface area contributed by atoms with Crippen molar-refractivity contribution >= 4 is 10.9 Å². The molecule has 0 spiro atoms. The number of hydrogen-bond donors (Lipinski definition) is 2. The SMILES string of the molecule is Cn1cc(-c2n[nH]c3cnc(-c4c(F)cc(OCC5CCN5)cc4F)cc23)cn1. The Morgan fingerprint density at radius 1 is 1.21 bits per heavy atom. The van der Waals surface area contributed by atoms with E-state index in [1.807, 2.05) is 6.20 Å². The van der Waals surface area contributed by atoms with E-state index in [0.29, 0.717) is 23.2 Å². The molecule has 0 aliphatic carbocycles. The number of ether oxygens (including phenoxy) is 1. The minimum atomic E-state index is -0.722. The number of nitrogens with one attached hydrogen (secondary N) is 2. The van der Waals surface area contributed by atoms with Gasteiger partial charge in [0.2, 0.25) is 0 Å². The van der Waals surface area contributed by atoms with E-state index in [0.717, 1.165) is 18.5 Å². The minimum absolute atomic E-state index is 0.165. The zero-order valence-electron chi connectivity index (χ0n) is 15.6. The molecule has 29 heavy (non-hydrogen) atoms. The fraction of sp³-hybridized carbons (Fsp3) is 0.250. The molecule has 1 fully saturated rings. The highest BCUT2D eigenvalue weighted by molar-refractivity contribution is 5.94. The van der Waals surface area contributed by atoms with Gasteiger partial charge >= 0.3 is 0 Å². The summed E-state index contributed by atoms with van der Waals surface area (Å²) < 4.78 is 36.7. The Hall–Kier alpha value is -3.33. The second-order valence-corrected chi connectivity index (χ2v) is 7.10. The van der Waals surface area contributed by atoms with Gasteiger partial charge in [-0.2, -0.15) is 10.2 Å². The average molecular weight is 396 g/mol. The monoisotopic (exact) mass is 396 g/mol. The van der Waals surface area contributed by atoms with Crippen LogP contribution in [0.5, 0.6) is 5.75 Å². The second kappa shape index (κ2) is 6.93. The van der Waals surface area contributed by atoms with Crippen molar-refractivity contribution in [3.8, 4) is 28.3 Å². The number of pyridine rings is 1. The molecule has 1 aliphatic rings. The molecule has 9 heteroatoms. The third kappa shape index (κ3) is 3.23. The first-order chi connectivity index (χ1) is 14.1. The highest BCUT2D eigenvalue weighted by Gasteiger charge is 2.20. The molecule has 1 unspecified atom stereocenters. The van der Waals surface area contributed by atoms with Gasteiger partial charge in [-0.1, -0.05) is 0 Å². The zero-order valence-corrected chi connectivity index (χ0v) is 15.6. The van der Waals surface area contributed by atoms with Crippen molar-refractivity contribution in [3.63, 3.8) is 0 Å². The van der Waals surface area contributed by atoms with Gasteiger partial charge < -0.3 is 10.1 Å². The third-order valence-electron chi connectivity index (χ3n) is 5.07. The molecule has 1 atom stereocenters. The highest BCUT2D eigenvalue weighted by Crippen LogP contribution is 2.33. The summed E-state index contributed by atoms with van der Waals surface area (Å²) in [5, 5.41) is 15.2. The second-order valence-electron chi connectivity index (χ2n) is 7.10. The van der Waals surface area contributed by atoms with Crippen molar-refractivity contribution in [3.05, 3.63) is 48.4 Å². The molecule has 1 aliphatic heterocycles. The normalized spacial score (nSPS) is 16.2. The number of halogens is 2. The quantitative estimate of drug-likeness (QED) is 0.542. The van der Waals surface area contributed by atoms with Crippen LogP contribution < -0.4 is 10.1 Å². The third-order valence-corrected chi connectivity index (χ3v) is 5.07. The van der Waals surface area contributed by atoms with Crippen molar-refractivity contribution < 1.29 is 13.5 Å². The Bertz CT molecular complexity index is 1170. The van der Waals surface area contributed by atoms with Gasteiger partial charge in [0, 0.05) is 42.4 Å². The molecule has 5 rings (SSSR count). The Labute approximate surface area is 164 Å². The lowest BCUT2D eigenvalue weighted by Crippen LogP contribution is -2.46. The highest BCUT2D eigenvalue weighted by atomic mass is 19.1. The molecule has 1 aromatic carbocycles. The summed E-state index contributed by atoms with van der Waals surface area (Å²) in [7, 11) is 1.81. The van der Waals surface area contributed by atoms with Crippen molar-refractivity contribution in [1.82, 2.24) is 30.3 Å². The van der Waals surface area contributed by atoms with Crippen LogP contribution in [-0.4, -0.2) is 44.2 Å². The van der Waals surface area contributed by atoms with Gasteiger partial charge in [0.05, 0.1) is 29.2 Å². The summed E-state index contributed by atoms with van der Waals surface area (Å²) in [6.07, 6.45) is 6.01. The fourth-order valence-corrected chi connectivity index (χ4v) is 3.38. The summed E-state index contributed by atoms with van der Waals surface area (Å²) >= 11 is 0. The van der Waals surface area contributed by atoms with Crippen molar-refractivity contribution in [2.45, 2.75) is 12.5 Å². The Morgan fingerprint density at radius 2 is 2.00 bits per heavy atom. The van der Waals surface area contributed by atoms with Crippen LogP contribution in [0.2, 0.25) is 0 Å². The molecule has 4 aromatic rings. The van der Waals surface area contributed by atoms with Crippen molar-refractivity contribution in [1.29, 1.82) is 0 Å². The predicted octanol–water partition coefficient (Wildman–Crippen LogP) is 3.04. The van der Waals surface area contributed by atoms with Gasteiger partial charge in [-0.3, -0.25) is 14.8 Å². The van der Waals surface area contributed by atoms with Gasteiger partial charge in [-0.05, 0) is 19.0 Å².